The molecule has 1 aliphatic rings. The van der Waals surface area contributed by atoms with E-state index in [1.807, 2.05) is 24.3 Å². The first-order valence-corrected chi connectivity index (χ1v) is 8.98. The molecule has 0 fully saturated rings. The summed E-state index contributed by atoms with van der Waals surface area (Å²) in [6, 6.07) is 11.4. The predicted molar refractivity (Wildman–Crippen MR) is 102 cm³/mol. The first-order valence-electron chi connectivity index (χ1n) is 7.90. The lowest BCUT2D eigenvalue weighted by Gasteiger charge is -2.16. The summed E-state index contributed by atoms with van der Waals surface area (Å²) in [5.74, 6) is 0.101. The van der Waals surface area contributed by atoms with E-state index in [1.54, 1.807) is 12.1 Å². The van der Waals surface area contributed by atoms with Crippen LogP contribution in [-0.2, 0) is 11.3 Å². The number of amides is 2. The number of nitrogens with one attached hydrogen (secondary N) is 2. The van der Waals surface area contributed by atoms with Crippen LogP contribution in [0.4, 0.5) is 0 Å². The van der Waals surface area contributed by atoms with Crippen molar-refractivity contribution in [2.75, 3.05) is 13.4 Å². The quantitative estimate of drug-likeness (QED) is 0.558. The summed E-state index contributed by atoms with van der Waals surface area (Å²) >= 11 is 2.19. The van der Waals surface area contributed by atoms with Crippen LogP contribution in [0.25, 0.3) is 0 Å². The molecular weight excluding hydrogens is 451 g/mol. The van der Waals surface area contributed by atoms with Gasteiger partial charge in [0.15, 0.2) is 11.5 Å². The van der Waals surface area contributed by atoms with Gasteiger partial charge < -0.3 is 25.2 Å². The van der Waals surface area contributed by atoms with Gasteiger partial charge in [-0.25, -0.2) is 0 Å². The summed E-state index contributed by atoms with van der Waals surface area (Å²) in [4.78, 5) is 24.6. The number of fused-ring (bicyclic) bond motifs is 1. The maximum atomic E-state index is 12.3. The number of rotatable bonds is 6. The standard InChI is InChI=1S/C18H17IN2O5/c19-13-3-1-2-11(6-13)8-20-18(24)14(9-22)21-17(23)12-4-5-15-16(7-12)26-10-25-15/h1-7,14,22H,8-10H2,(H,20,24)(H,21,23). The van der Waals surface area contributed by atoms with Crippen molar-refractivity contribution < 1.29 is 24.2 Å². The number of benzene rings is 2. The van der Waals surface area contributed by atoms with Crippen molar-refractivity contribution in [3.8, 4) is 11.5 Å². The van der Waals surface area contributed by atoms with Crippen LogP contribution in [0, 0.1) is 3.57 Å². The topological polar surface area (TPSA) is 96.9 Å². The molecule has 7 nitrogen and oxygen atoms in total. The smallest absolute Gasteiger partial charge is 0.252 e. The molecule has 2 aromatic rings. The zero-order valence-corrected chi connectivity index (χ0v) is 15.9. The molecule has 0 spiro atoms. The number of aliphatic hydroxyl groups excluding tert-OH is 1. The van der Waals surface area contributed by atoms with Gasteiger partial charge in [0.2, 0.25) is 12.7 Å². The molecule has 136 valence electrons. The highest BCUT2D eigenvalue weighted by atomic mass is 127. The van der Waals surface area contributed by atoms with Crippen molar-refractivity contribution >= 4 is 34.4 Å². The average Bonchev–Trinajstić information content (AvgIpc) is 3.11. The van der Waals surface area contributed by atoms with Crippen LogP contribution in [0.5, 0.6) is 11.5 Å². The van der Waals surface area contributed by atoms with E-state index >= 15 is 0 Å². The third-order valence-corrected chi connectivity index (χ3v) is 4.47. The molecule has 0 saturated carbocycles. The van der Waals surface area contributed by atoms with Crippen LogP contribution in [0.15, 0.2) is 42.5 Å². The predicted octanol–water partition coefficient (Wildman–Crippen LogP) is 1.43. The molecule has 1 aliphatic heterocycles. The summed E-state index contributed by atoms with van der Waals surface area (Å²) in [7, 11) is 0. The van der Waals surface area contributed by atoms with E-state index in [1.165, 1.54) is 6.07 Å². The molecule has 3 rings (SSSR count). The number of halogens is 1. The van der Waals surface area contributed by atoms with Crippen LogP contribution in [0.2, 0.25) is 0 Å². The molecule has 0 radical (unpaired) electrons. The second-order valence-corrected chi connectivity index (χ2v) is 6.87. The highest BCUT2D eigenvalue weighted by molar-refractivity contribution is 14.1. The van der Waals surface area contributed by atoms with Crippen molar-refractivity contribution in [1.29, 1.82) is 0 Å². The third kappa shape index (κ3) is 4.44. The maximum Gasteiger partial charge on any atom is 0.252 e. The van der Waals surface area contributed by atoms with E-state index in [2.05, 4.69) is 33.2 Å². The molecule has 1 heterocycles. The second kappa shape index (κ2) is 8.37. The number of hydrogen-bond acceptors (Lipinski definition) is 5. The fourth-order valence-electron chi connectivity index (χ4n) is 2.43. The van der Waals surface area contributed by atoms with Gasteiger partial charge in [-0.05, 0) is 58.5 Å². The number of ether oxygens (including phenoxy) is 2. The lowest BCUT2D eigenvalue weighted by molar-refractivity contribution is -0.124. The molecule has 0 aromatic heterocycles. The SMILES string of the molecule is O=C(NC(CO)C(=O)NCc1cccc(I)c1)c1ccc2c(c1)OCO2. The third-order valence-electron chi connectivity index (χ3n) is 3.79. The molecule has 3 N–H and O–H groups in total. The Morgan fingerprint density at radius 3 is 2.73 bits per heavy atom. The lowest BCUT2D eigenvalue weighted by atomic mass is 10.1. The van der Waals surface area contributed by atoms with E-state index in [0.29, 0.717) is 23.6 Å². The van der Waals surface area contributed by atoms with Crippen LogP contribution >= 0.6 is 22.6 Å². The molecule has 0 bridgehead atoms. The number of carbonyl (C=O) groups is 2. The molecule has 1 unspecified atom stereocenters. The van der Waals surface area contributed by atoms with Crippen molar-refractivity contribution in [2.24, 2.45) is 0 Å². The molecular formula is C18H17IN2O5. The summed E-state index contributed by atoms with van der Waals surface area (Å²) in [6.45, 7) is -0.0823. The van der Waals surface area contributed by atoms with Crippen LogP contribution < -0.4 is 20.1 Å². The summed E-state index contributed by atoms with van der Waals surface area (Å²) in [6.07, 6.45) is 0. The molecule has 2 aromatic carbocycles. The first kappa shape index (κ1) is 18.5. The molecule has 1 atom stereocenters. The van der Waals surface area contributed by atoms with E-state index in [4.69, 9.17) is 9.47 Å². The highest BCUT2D eigenvalue weighted by Crippen LogP contribution is 2.32. The molecule has 26 heavy (non-hydrogen) atoms. The monoisotopic (exact) mass is 468 g/mol. The van der Waals surface area contributed by atoms with Gasteiger partial charge in [-0.2, -0.15) is 0 Å². The van der Waals surface area contributed by atoms with Crippen molar-refractivity contribution in [1.82, 2.24) is 10.6 Å². The van der Waals surface area contributed by atoms with E-state index in [-0.39, 0.29) is 6.79 Å². The Bertz CT molecular complexity index is 827. The number of hydrogen-bond donors (Lipinski definition) is 3. The van der Waals surface area contributed by atoms with E-state index in [0.717, 1.165) is 9.13 Å². The van der Waals surface area contributed by atoms with Gasteiger partial charge in [-0.3, -0.25) is 9.59 Å². The van der Waals surface area contributed by atoms with E-state index < -0.39 is 24.5 Å². The fourth-order valence-corrected chi connectivity index (χ4v) is 3.04. The normalized spacial score (nSPS) is 13.2. The maximum absolute atomic E-state index is 12.3. The Kier molecular flexibility index (Phi) is 5.94. The molecule has 8 heteroatoms. The van der Waals surface area contributed by atoms with Gasteiger partial charge in [-0.15, -0.1) is 0 Å². The first-order chi connectivity index (χ1) is 12.6. The Morgan fingerprint density at radius 1 is 1.15 bits per heavy atom. The second-order valence-electron chi connectivity index (χ2n) is 5.62. The average molecular weight is 468 g/mol. The van der Waals surface area contributed by atoms with Gasteiger partial charge in [0.05, 0.1) is 6.61 Å². The number of aliphatic hydroxyl groups is 1. The lowest BCUT2D eigenvalue weighted by Crippen LogP contribution is -2.48. The van der Waals surface area contributed by atoms with Gasteiger partial charge in [0.1, 0.15) is 6.04 Å². The summed E-state index contributed by atoms with van der Waals surface area (Å²) in [5.41, 5.74) is 1.25. The van der Waals surface area contributed by atoms with Gasteiger partial charge in [0.25, 0.3) is 5.91 Å². The van der Waals surface area contributed by atoms with E-state index in [9.17, 15) is 14.7 Å². The van der Waals surface area contributed by atoms with Crippen molar-refractivity contribution in [3.05, 3.63) is 57.2 Å². The minimum Gasteiger partial charge on any atom is -0.454 e. The van der Waals surface area contributed by atoms with Gasteiger partial charge >= 0.3 is 0 Å². The van der Waals surface area contributed by atoms with Crippen molar-refractivity contribution in [3.63, 3.8) is 0 Å². The zero-order valence-electron chi connectivity index (χ0n) is 13.7. The zero-order chi connectivity index (χ0) is 18.5. The Hall–Kier alpha value is -2.33. The summed E-state index contributed by atoms with van der Waals surface area (Å²) in [5, 5.41) is 14.7. The van der Waals surface area contributed by atoms with Gasteiger partial charge in [0, 0.05) is 15.7 Å². The summed E-state index contributed by atoms with van der Waals surface area (Å²) < 4.78 is 11.5. The molecule has 0 saturated heterocycles. The number of carbonyl (C=O) groups excluding carboxylic acids is 2. The van der Waals surface area contributed by atoms with Crippen LogP contribution in [0.3, 0.4) is 0 Å². The fraction of sp³-hybridized carbons (Fsp3) is 0.222. The minimum atomic E-state index is -1.05. The minimum absolute atomic E-state index is 0.112. The Morgan fingerprint density at radius 2 is 1.96 bits per heavy atom. The molecule has 2 amide bonds. The largest absolute Gasteiger partial charge is 0.454 e. The Balaban J connectivity index is 1.59. The highest BCUT2D eigenvalue weighted by Gasteiger charge is 2.22. The van der Waals surface area contributed by atoms with Crippen LogP contribution in [0.1, 0.15) is 15.9 Å². The van der Waals surface area contributed by atoms with Crippen LogP contribution in [-0.4, -0.2) is 36.4 Å². The van der Waals surface area contributed by atoms with Gasteiger partial charge in [-0.1, -0.05) is 12.1 Å². The molecule has 0 aliphatic carbocycles. The Labute approximate surface area is 163 Å². The van der Waals surface area contributed by atoms with Crippen molar-refractivity contribution in [2.45, 2.75) is 12.6 Å².